The molecule has 1 aromatic carbocycles. The minimum Gasteiger partial charge on any atom is -0.391 e. The van der Waals surface area contributed by atoms with Gasteiger partial charge in [-0.3, -0.25) is 4.98 Å². The van der Waals surface area contributed by atoms with Crippen molar-refractivity contribution in [3.8, 4) is 0 Å². The molecule has 20 heavy (non-hydrogen) atoms. The quantitative estimate of drug-likeness (QED) is 0.928. The third-order valence-corrected chi connectivity index (χ3v) is 3.60. The van der Waals surface area contributed by atoms with Crippen molar-refractivity contribution in [2.75, 3.05) is 18.0 Å². The van der Waals surface area contributed by atoms with Crippen LogP contribution in [0.3, 0.4) is 0 Å². The van der Waals surface area contributed by atoms with Crippen LogP contribution in [0.1, 0.15) is 17.5 Å². The van der Waals surface area contributed by atoms with E-state index in [0.29, 0.717) is 0 Å². The van der Waals surface area contributed by atoms with Gasteiger partial charge in [0.2, 0.25) is 0 Å². The number of anilines is 1. The Hall–Kier alpha value is -2.13. The first-order valence-electron chi connectivity index (χ1n) is 6.92. The second kappa shape index (κ2) is 5.88. The second-order valence-corrected chi connectivity index (χ2v) is 5.09. The van der Waals surface area contributed by atoms with E-state index >= 15 is 0 Å². The normalized spacial score (nSPS) is 18.9. The number of hydrogen-bond donors (Lipinski definition) is 1. The number of aliphatic hydroxyl groups excluding tert-OH is 1. The van der Waals surface area contributed by atoms with Crippen LogP contribution in [0, 0.1) is 0 Å². The van der Waals surface area contributed by atoms with Crippen LogP contribution in [-0.4, -0.2) is 29.3 Å². The number of nitrogens with zero attached hydrogens (tertiary/aromatic N) is 2. The van der Waals surface area contributed by atoms with Crippen LogP contribution in [0.5, 0.6) is 0 Å². The van der Waals surface area contributed by atoms with E-state index in [9.17, 15) is 5.11 Å². The summed E-state index contributed by atoms with van der Waals surface area (Å²) in [6.07, 6.45) is 8.45. The molecule has 3 heteroatoms. The third-order valence-electron chi connectivity index (χ3n) is 3.60. The number of hydrogen-bond acceptors (Lipinski definition) is 3. The van der Waals surface area contributed by atoms with E-state index < -0.39 is 0 Å². The van der Waals surface area contributed by atoms with Crippen molar-refractivity contribution in [1.82, 2.24) is 4.98 Å². The van der Waals surface area contributed by atoms with E-state index in [-0.39, 0.29) is 6.10 Å². The zero-order chi connectivity index (χ0) is 13.8. The Morgan fingerprint density at radius 2 is 1.65 bits per heavy atom. The van der Waals surface area contributed by atoms with E-state index in [1.165, 1.54) is 11.3 Å². The maximum absolute atomic E-state index is 9.57. The number of pyridine rings is 1. The lowest BCUT2D eigenvalue weighted by Gasteiger charge is -2.17. The van der Waals surface area contributed by atoms with Crippen LogP contribution in [0.25, 0.3) is 12.2 Å². The highest BCUT2D eigenvalue weighted by atomic mass is 16.3. The Morgan fingerprint density at radius 1 is 1.00 bits per heavy atom. The van der Waals surface area contributed by atoms with E-state index in [4.69, 9.17) is 0 Å². The molecule has 0 bridgehead atoms. The van der Waals surface area contributed by atoms with Gasteiger partial charge in [-0.2, -0.15) is 0 Å². The molecule has 1 fully saturated rings. The van der Waals surface area contributed by atoms with Crippen LogP contribution < -0.4 is 4.90 Å². The molecule has 0 spiro atoms. The molecule has 0 saturated carbocycles. The topological polar surface area (TPSA) is 36.4 Å². The standard InChI is InChI=1S/C17H18N2O/c20-17-9-12-19(13-17)16-5-3-14(4-6-16)1-2-15-7-10-18-11-8-15/h1-8,10-11,17,20H,9,12-13H2. The number of β-amino-alcohol motifs (C(OH)–C–C–N with tert-alkyl or cyclic N) is 1. The molecule has 2 aromatic rings. The Morgan fingerprint density at radius 3 is 2.25 bits per heavy atom. The summed E-state index contributed by atoms with van der Waals surface area (Å²) in [4.78, 5) is 6.23. The van der Waals surface area contributed by atoms with Crippen molar-refractivity contribution in [3.63, 3.8) is 0 Å². The average Bonchev–Trinajstić information content (AvgIpc) is 2.93. The van der Waals surface area contributed by atoms with Gasteiger partial charge in [0.05, 0.1) is 6.10 Å². The molecule has 2 heterocycles. The van der Waals surface area contributed by atoms with E-state index in [1.807, 2.05) is 12.1 Å². The van der Waals surface area contributed by atoms with Crippen molar-refractivity contribution in [3.05, 3.63) is 59.9 Å². The number of rotatable bonds is 3. The Balaban J connectivity index is 1.69. The lowest BCUT2D eigenvalue weighted by atomic mass is 10.1. The molecule has 0 aliphatic carbocycles. The highest BCUT2D eigenvalue weighted by molar-refractivity contribution is 5.70. The summed E-state index contributed by atoms with van der Waals surface area (Å²) < 4.78 is 0. The second-order valence-electron chi connectivity index (χ2n) is 5.09. The minimum absolute atomic E-state index is 0.179. The first-order chi connectivity index (χ1) is 9.81. The van der Waals surface area contributed by atoms with Crippen LogP contribution >= 0.6 is 0 Å². The van der Waals surface area contributed by atoms with E-state index in [0.717, 1.165) is 25.1 Å². The van der Waals surface area contributed by atoms with Gasteiger partial charge in [-0.15, -0.1) is 0 Å². The largest absolute Gasteiger partial charge is 0.391 e. The molecule has 3 rings (SSSR count). The van der Waals surface area contributed by atoms with Crippen LogP contribution in [0.2, 0.25) is 0 Å². The minimum atomic E-state index is -0.179. The van der Waals surface area contributed by atoms with Crippen molar-refractivity contribution >= 4 is 17.8 Å². The smallest absolute Gasteiger partial charge is 0.0731 e. The van der Waals surface area contributed by atoms with E-state index in [2.05, 4.69) is 46.3 Å². The highest BCUT2D eigenvalue weighted by Crippen LogP contribution is 2.21. The predicted molar refractivity (Wildman–Crippen MR) is 82.4 cm³/mol. The highest BCUT2D eigenvalue weighted by Gasteiger charge is 2.19. The zero-order valence-corrected chi connectivity index (χ0v) is 11.3. The maximum atomic E-state index is 9.57. The molecule has 1 atom stereocenters. The molecular weight excluding hydrogens is 248 g/mol. The van der Waals surface area contributed by atoms with Gasteiger partial charge < -0.3 is 10.0 Å². The molecule has 3 nitrogen and oxygen atoms in total. The van der Waals surface area contributed by atoms with Gasteiger partial charge in [-0.05, 0) is 41.8 Å². The summed E-state index contributed by atoms with van der Waals surface area (Å²) in [6.45, 7) is 1.68. The summed E-state index contributed by atoms with van der Waals surface area (Å²) in [5.41, 5.74) is 3.50. The van der Waals surface area contributed by atoms with Gasteiger partial charge in [0, 0.05) is 31.2 Å². The average molecular weight is 266 g/mol. The Bertz CT molecular complexity index is 578. The fourth-order valence-corrected chi connectivity index (χ4v) is 2.44. The SMILES string of the molecule is OC1CCN(c2ccc(C=Cc3ccncc3)cc2)C1. The summed E-state index contributed by atoms with van der Waals surface area (Å²) in [5, 5.41) is 9.57. The Kier molecular flexibility index (Phi) is 3.79. The molecule has 1 aliphatic rings. The molecule has 1 unspecified atom stereocenters. The van der Waals surface area contributed by atoms with Gasteiger partial charge in [0.25, 0.3) is 0 Å². The summed E-state index contributed by atoms with van der Waals surface area (Å²) in [5.74, 6) is 0. The fraction of sp³-hybridized carbons (Fsp3) is 0.235. The van der Waals surface area contributed by atoms with Crippen molar-refractivity contribution < 1.29 is 5.11 Å². The zero-order valence-electron chi connectivity index (χ0n) is 11.3. The first kappa shape index (κ1) is 12.9. The maximum Gasteiger partial charge on any atom is 0.0731 e. The molecule has 0 radical (unpaired) electrons. The number of aromatic nitrogens is 1. The summed E-state index contributed by atoms with van der Waals surface area (Å²) >= 11 is 0. The first-order valence-corrected chi connectivity index (χ1v) is 6.92. The van der Waals surface area contributed by atoms with Crippen molar-refractivity contribution in [2.24, 2.45) is 0 Å². The third kappa shape index (κ3) is 3.06. The monoisotopic (exact) mass is 266 g/mol. The molecule has 1 aliphatic heterocycles. The molecule has 102 valence electrons. The van der Waals surface area contributed by atoms with Gasteiger partial charge >= 0.3 is 0 Å². The van der Waals surface area contributed by atoms with Crippen molar-refractivity contribution in [2.45, 2.75) is 12.5 Å². The van der Waals surface area contributed by atoms with E-state index in [1.54, 1.807) is 12.4 Å². The van der Waals surface area contributed by atoms with Gasteiger partial charge in [0.15, 0.2) is 0 Å². The van der Waals surface area contributed by atoms with Gasteiger partial charge in [0.1, 0.15) is 0 Å². The molecule has 0 amide bonds. The molecule has 1 N–H and O–H groups in total. The van der Waals surface area contributed by atoms with Crippen LogP contribution in [-0.2, 0) is 0 Å². The number of aliphatic hydroxyl groups is 1. The lowest BCUT2D eigenvalue weighted by molar-refractivity contribution is 0.198. The Labute approximate surface area is 119 Å². The van der Waals surface area contributed by atoms with Crippen LogP contribution in [0.15, 0.2) is 48.8 Å². The lowest BCUT2D eigenvalue weighted by Crippen LogP contribution is -2.20. The molecular formula is C17H18N2O. The van der Waals surface area contributed by atoms with Crippen molar-refractivity contribution in [1.29, 1.82) is 0 Å². The predicted octanol–water partition coefficient (Wildman–Crippen LogP) is 2.82. The number of benzene rings is 1. The summed E-state index contributed by atoms with van der Waals surface area (Å²) in [6, 6.07) is 12.4. The fourth-order valence-electron chi connectivity index (χ4n) is 2.44. The summed E-state index contributed by atoms with van der Waals surface area (Å²) in [7, 11) is 0. The molecule has 1 aromatic heterocycles. The van der Waals surface area contributed by atoms with Gasteiger partial charge in [-0.1, -0.05) is 24.3 Å². The van der Waals surface area contributed by atoms with Crippen LogP contribution in [0.4, 0.5) is 5.69 Å². The molecule has 1 saturated heterocycles. The van der Waals surface area contributed by atoms with Gasteiger partial charge in [-0.25, -0.2) is 0 Å².